The van der Waals surface area contributed by atoms with E-state index in [1.54, 1.807) is 11.3 Å². The minimum absolute atomic E-state index is 0.217. The van der Waals surface area contributed by atoms with Gasteiger partial charge in [-0.25, -0.2) is 9.97 Å². The molecule has 7 heteroatoms. The molecule has 1 fully saturated rings. The Balaban J connectivity index is 1.57. The lowest BCUT2D eigenvalue weighted by molar-refractivity contribution is 0.145. The summed E-state index contributed by atoms with van der Waals surface area (Å²) in [5.74, 6) is 2.23. The normalized spacial score (nSPS) is 16.7. The predicted molar refractivity (Wildman–Crippen MR) is 104 cm³/mol. The van der Waals surface area contributed by atoms with Crippen LogP contribution in [0.4, 0.5) is 5.95 Å². The maximum Gasteiger partial charge on any atom is 0.231 e. The lowest BCUT2D eigenvalue weighted by atomic mass is 10.0. The van der Waals surface area contributed by atoms with E-state index in [-0.39, 0.29) is 12.9 Å². The Morgan fingerprint density at radius 3 is 2.78 bits per heavy atom. The van der Waals surface area contributed by atoms with Crippen molar-refractivity contribution in [3.63, 3.8) is 0 Å². The van der Waals surface area contributed by atoms with Crippen molar-refractivity contribution in [3.8, 4) is 33.2 Å². The van der Waals surface area contributed by atoms with Crippen molar-refractivity contribution in [1.29, 1.82) is 0 Å². The van der Waals surface area contributed by atoms with Crippen LogP contribution in [-0.2, 0) is 0 Å². The van der Waals surface area contributed by atoms with Crippen LogP contribution in [0.25, 0.3) is 21.7 Å². The number of hydrogen-bond acceptors (Lipinski definition) is 7. The molecular formula is C20H19N3O3S. The van der Waals surface area contributed by atoms with Crippen molar-refractivity contribution >= 4 is 17.3 Å². The van der Waals surface area contributed by atoms with Gasteiger partial charge < -0.3 is 19.5 Å². The van der Waals surface area contributed by atoms with Gasteiger partial charge in [0.25, 0.3) is 0 Å². The first kappa shape index (κ1) is 16.5. The Hall–Kier alpha value is -2.64. The molecule has 138 valence electrons. The maximum atomic E-state index is 9.76. The monoisotopic (exact) mass is 381 g/mol. The van der Waals surface area contributed by atoms with Gasteiger partial charge in [0, 0.05) is 24.8 Å². The Morgan fingerprint density at radius 1 is 1.11 bits per heavy atom. The first-order valence-electron chi connectivity index (χ1n) is 9.02. The summed E-state index contributed by atoms with van der Waals surface area (Å²) in [4.78, 5) is 12.8. The second-order valence-electron chi connectivity index (χ2n) is 6.70. The van der Waals surface area contributed by atoms with E-state index in [1.807, 2.05) is 30.5 Å². The fourth-order valence-electron chi connectivity index (χ4n) is 3.47. The maximum absolute atomic E-state index is 9.76. The van der Waals surface area contributed by atoms with Crippen molar-refractivity contribution in [2.45, 2.75) is 18.9 Å². The van der Waals surface area contributed by atoms with E-state index < -0.39 is 0 Å². The Bertz CT molecular complexity index is 953. The molecule has 1 N–H and O–H groups in total. The van der Waals surface area contributed by atoms with Gasteiger partial charge in [-0.1, -0.05) is 12.1 Å². The molecule has 5 rings (SSSR count). The summed E-state index contributed by atoms with van der Waals surface area (Å²) in [7, 11) is 0. The van der Waals surface area contributed by atoms with Crippen molar-refractivity contribution in [1.82, 2.24) is 9.97 Å². The predicted octanol–water partition coefficient (Wildman–Crippen LogP) is 3.56. The second-order valence-corrected chi connectivity index (χ2v) is 7.64. The summed E-state index contributed by atoms with van der Waals surface area (Å²) >= 11 is 1.66. The lowest BCUT2D eigenvalue weighted by Gasteiger charge is -2.29. The van der Waals surface area contributed by atoms with Gasteiger partial charge in [-0.05, 0) is 42.0 Å². The molecule has 0 radical (unpaired) electrons. The average molecular weight is 381 g/mol. The zero-order chi connectivity index (χ0) is 18.2. The number of hydrogen-bond donors (Lipinski definition) is 1. The van der Waals surface area contributed by atoms with Gasteiger partial charge in [0.1, 0.15) is 0 Å². The first-order chi connectivity index (χ1) is 13.3. The second kappa shape index (κ2) is 6.83. The number of piperidine rings is 1. The number of aromatic nitrogens is 2. The molecule has 27 heavy (non-hydrogen) atoms. The molecule has 0 aliphatic carbocycles. The third-order valence-electron chi connectivity index (χ3n) is 4.96. The highest BCUT2D eigenvalue weighted by molar-refractivity contribution is 7.13. The van der Waals surface area contributed by atoms with E-state index >= 15 is 0 Å². The van der Waals surface area contributed by atoms with Crippen molar-refractivity contribution in [2.24, 2.45) is 0 Å². The Kier molecular flexibility index (Phi) is 4.18. The molecular weight excluding hydrogens is 362 g/mol. The molecule has 3 aromatic rings. The van der Waals surface area contributed by atoms with Gasteiger partial charge in [-0.2, -0.15) is 0 Å². The molecule has 6 nitrogen and oxygen atoms in total. The van der Waals surface area contributed by atoms with Crippen LogP contribution in [0.5, 0.6) is 11.5 Å². The van der Waals surface area contributed by atoms with Gasteiger partial charge >= 0.3 is 0 Å². The molecule has 0 bridgehead atoms. The minimum Gasteiger partial charge on any atom is -0.454 e. The summed E-state index contributed by atoms with van der Waals surface area (Å²) in [6.45, 7) is 1.80. The molecule has 1 aromatic carbocycles. The van der Waals surface area contributed by atoms with Crippen LogP contribution in [0, 0.1) is 0 Å². The van der Waals surface area contributed by atoms with Crippen LogP contribution in [0.1, 0.15) is 12.8 Å². The number of thiophene rings is 1. The highest BCUT2D eigenvalue weighted by atomic mass is 32.1. The summed E-state index contributed by atoms with van der Waals surface area (Å²) in [5, 5.41) is 11.8. The average Bonchev–Trinajstić information content (AvgIpc) is 3.39. The third-order valence-corrected chi connectivity index (χ3v) is 5.84. The molecule has 2 aliphatic heterocycles. The smallest absolute Gasteiger partial charge is 0.231 e. The SMILES string of the molecule is OC1CCN(c2ncc(-c3ccc4c(c3)OCO4)c(-c3cccs3)n2)CC1. The third kappa shape index (κ3) is 3.13. The Labute approximate surface area is 161 Å². The fourth-order valence-corrected chi connectivity index (χ4v) is 4.20. The molecule has 0 amide bonds. The van der Waals surface area contributed by atoms with Crippen LogP contribution >= 0.6 is 11.3 Å². The van der Waals surface area contributed by atoms with Gasteiger partial charge in [-0.3, -0.25) is 0 Å². The molecule has 0 unspecified atom stereocenters. The lowest BCUT2D eigenvalue weighted by Crippen LogP contribution is -2.36. The van der Waals surface area contributed by atoms with Crippen LogP contribution in [-0.4, -0.2) is 41.1 Å². The summed E-state index contributed by atoms with van der Waals surface area (Å²) in [6.07, 6.45) is 3.18. The molecule has 0 atom stereocenters. The largest absolute Gasteiger partial charge is 0.454 e. The molecule has 0 spiro atoms. The van der Waals surface area contributed by atoms with E-state index in [1.165, 1.54) is 0 Å². The standard InChI is InChI=1S/C20H19N3O3S/c24-14-5-7-23(8-6-14)20-21-11-15(19(22-20)18-2-1-9-27-18)13-3-4-16-17(10-13)26-12-25-16/h1-4,9-11,14,24H,5-8,12H2. The molecule has 1 saturated heterocycles. The van der Waals surface area contributed by atoms with Crippen molar-refractivity contribution in [2.75, 3.05) is 24.8 Å². The number of anilines is 1. The fraction of sp³-hybridized carbons (Fsp3) is 0.300. The number of nitrogens with zero attached hydrogens (tertiary/aromatic N) is 3. The molecule has 2 aromatic heterocycles. The number of benzene rings is 1. The van der Waals surface area contributed by atoms with E-state index in [2.05, 4.69) is 21.3 Å². The van der Waals surface area contributed by atoms with Crippen LogP contribution < -0.4 is 14.4 Å². The minimum atomic E-state index is -0.217. The quantitative estimate of drug-likeness (QED) is 0.748. The van der Waals surface area contributed by atoms with E-state index in [9.17, 15) is 5.11 Å². The number of aliphatic hydroxyl groups excluding tert-OH is 1. The number of rotatable bonds is 3. The van der Waals surface area contributed by atoms with Gasteiger partial charge in [0.05, 0.1) is 16.7 Å². The van der Waals surface area contributed by atoms with Gasteiger partial charge in [0.2, 0.25) is 12.7 Å². The van der Waals surface area contributed by atoms with Gasteiger partial charge in [-0.15, -0.1) is 11.3 Å². The highest BCUT2D eigenvalue weighted by Gasteiger charge is 2.22. The molecule has 0 saturated carbocycles. The van der Waals surface area contributed by atoms with E-state index in [4.69, 9.17) is 14.5 Å². The number of ether oxygens (including phenoxy) is 2. The Morgan fingerprint density at radius 2 is 1.96 bits per heavy atom. The van der Waals surface area contributed by atoms with Crippen LogP contribution in [0.3, 0.4) is 0 Å². The molecule has 2 aliphatic rings. The number of fused-ring (bicyclic) bond motifs is 1. The zero-order valence-corrected chi connectivity index (χ0v) is 15.5. The van der Waals surface area contributed by atoms with E-state index in [0.29, 0.717) is 0 Å². The summed E-state index contributed by atoms with van der Waals surface area (Å²) < 4.78 is 10.9. The topological polar surface area (TPSA) is 67.7 Å². The first-order valence-corrected chi connectivity index (χ1v) is 9.90. The zero-order valence-electron chi connectivity index (χ0n) is 14.7. The number of aliphatic hydroxyl groups is 1. The summed E-state index contributed by atoms with van der Waals surface area (Å²) in [5.41, 5.74) is 2.89. The van der Waals surface area contributed by atoms with Crippen molar-refractivity contribution < 1.29 is 14.6 Å². The van der Waals surface area contributed by atoms with Crippen molar-refractivity contribution in [3.05, 3.63) is 41.9 Å². The highest BCUT2D eigenvalue weighted by Crippen LogP contribution is 2.39. The summed E-state index contributed by atoms with van der Waals surface area (Å²) in [6, 6.07) is 10.0. The van der Waals surface area contributed by atoms with Crippen LogP contribution in [0.2, 0.25) is 0 Å². The molecule has 4 heterocycles. The van der Waals surface area contributed by atoms with Gasteiger partial charge in [0.15, 0.2) is 11.5 Å². The van der Waals surface area contributed by atoms with Crippen LogP contribution in [0.15, 0.2) is 41.9 Å². The van der Waals surface area contributed by atoms with E-state index in [0.717, 1.165) is 65.1 Å².